The second kappa shape index (κ2) is 6.61. The average molecular weight is 271 g/mol. The highest BCUT2D eigenvalue weighted by atomic mass is 35.5. The molecule has 1 aromatic carbocycles. The third kappa shape index (κ3) is 4.20. The third-order valence-corrected chi connectivity index (χ3v) is 2.82. The van der Waals surface area contributed by atoms with Gasteiger partial charge in [0, 0.05) is 6.07 Å². The Bertz CT molecular complexity index is 421. The topological polar surface area (TPSA) is 64.3 Å². The lowest BCUT2D eigenvalue weighted by Gasteiger charge is -2.15. The van der Waals surface area contributed by atoms with Gasteiger partial charge in [-0.1, -0.05) is 25.4 Å². The van der Waals surface area contributed by atoms with Crippen LogP contribution in [0.5, 0.6) is 5.75 Å². The van der Waals surface area contributed by atoms with Crippen LogP contribution in [0.3, 0.4) is 0 Å². The van der Waals surface area contributed by atoms with Gasteiger partial charge in [0.05, 0.1) is 23.9 Å². The van der Waals surface area contributed by atoms with Gasteiger partial charge in [0.1, 0.15) is 5.75 Å². The number of rotatable bonds is 5. The Morgan fingerprint density at radius 2 is 2.17 bits per heavy atom. The molecule has 1 atom stereocenters. The maximum absolute atomic E-state index is 11.9. The van der Waals surface area contributed by atoms with Crippen molar-refractivity contribution in [1.29, 1.82) is 0 Å². The molecule has 0 aliphatic heterocycles. The summed E-state index contributed by atoms with van der Waals surface area (Å²) in [4.78, 5) is 11.9. The van der Waals surface area contributed by atoms with Crippen LogP contribution < -0.4 is 15.8 Å². The van der Waals surface area contributed by atoms with Gasteiger partial charge in [-0.15, -0.1) is 0 Å². The first-order valence-corrected chi connectivity index (χ1v) is 6.21. The molecule has 0 spiro atoms. The first-order chi connectivity index (χ1) is 8.43. The summed E-state index contributed by atoms with van der Waals surface area (Å²) in [5, 5.41) is 3.17. The van der Waals surface area contributed by atoms with Crippen molar-refractivity contribution in [1.82, 2.24) is 0 Å². The average Bonchev–Trinajstić information content (AvgIpc) is 2.31. The number of amides is 1. The largest absolute Gasteiger partial charge is 0.497 e. The summed E-state index contributed by atoms with van der Waals surface area (Å²) in [6.07, 6.45) is 0.632. The van der Waals surface area contributed by atoms with Crippen molar-refractivity contribution in [2.45, 2.75) is 26.3 Å². The molecule has 0 aliphatic rings. The van der Waals surface area contributed by atoms with Gasteiger partial charge in [-0.3, -0.25) is 4.79 Å². The van der Waals surface area contributed by atoms with Gasteiger partial charge in [-0.2, -0.15) is 0 Å². The first-order valence-electron chi connectivity index (χ1n) is 5.84. The number of hydrogen-bond acceptors (Lipinski definition) is 3. The summed E-state index contributed by atoms with van der Waals surface area (Å²) in [6.45, 7) is 4.04. The van der Waals surface area contributed by atoms with Crippen LogP contribution in [0, 0.1) is 5.92 Å². The molecule has 0 bridgehead atoms. The Kier molecular flexibility index (Phi) is 5.44. The minimum Gasteiger partial charge on any atom is -0.497 e. The van der Waals surface area contributed by atoms with E-state index >= 15 is 0 Å². The zero-order chi connectivity index (χ0) is 13.7. The van der Waals surface area contributed by atoms with Crippen LogP contribution in [0.2, 0.25) is 5.02 Å². The smallest absolute Gasteiger partial charge is 0.241 e. The molecule has 0 saturated heterocycles. The SMILES string of the molecule is COc1ccc(Cl)c(NC(=O)[C@@H](N)CC(C)C)c1. The Hall–Kier alpha value is -1.26. The van der Waals surface area contributed by atoms with Crippen LogP contribution in [-0.2, 0) is 4.79 Å². The van der Waals surface area contributed by atoms with Crippen molar-refractivity contribution in [3.8, 4) is 5.75 Å². The van der Waals surface area contributed by atoms with Crippen molar-refractivity contribution < 1.29 is 9.53 Å². The summed E-state index contributed by atoms with van der Waals surface area (Å²) < 4.78 is 5.08. The normalized spacial score (nSPS) is 12.3. The first kappa shape index (κ1) is 14.8. The third-order valence-electron chi connectivity index (χ3n) is 2.49. The summed E-state index contributed by atoms with van der Waals surface area (Å²) >= 11 is 6.00. The molecule has 0 aliphatic carbocycles. The van der Waals surface area contributed by atoms with Crippen molar-refractivity contribution in [3.63, 3.8) is 0 Å². The second-order valence-corrected chi connectivity index (χ2v) is 4.98. The van der Waals surface area contributed by atoms with Gasteiger partial charge in [0.25, 0.3) is 0 Å². The van der Waals surface area contributed by atoms with Crippen molar-refractivity contribution >= 4 is 23.2 Å². The fourth-order valence-electron chi connectivity index (χ4n) is 1.57. The number of ether oxygens (including phenoxy) is 1. The minimum atomic E-state index is -0.535. The van der Waals surface area contributed by atoms with Crippen LogP contribution in [0.4, 0.5) is 5.69 Å². The zero-order valence-corrected chi connectivity index (χ0v) is 11.6. The molecule has 5 heteroatoms. The number of benzene rings is 1. The quantitative estimate of drug-likeness (QED) is 0.865. The standard InChI is InChI=1S/C13H19ClN2O2/c1-8(2)6-11(15)13(17)16-12-7-9(18-3)4-5-10(12)14/h4-5,7-8,11H,6,15H2,1-3H3,(H,16,17)/t11-/m0/s1. The fourth-order valence-corrected chi connectivity index (χ4v) is 1.73. The molecular formula is C13H19ClN2O2. The number of carbonyl (C=O) groups excluding carboxylic acids is 1. The van der Waals surface area contributed by atoms with Gasteiger partial charge < -0.3 is 15.8 Å². The van der Waals surface area contributed by atoms with Crippen molar-refractivity contribution in [2.24, 2.45) is 11.7 Å². The van der Waals surface area contributed by atoms with Crippen LogP contribution >= 0.6 is 11.6 Å². The molecule has 3 N–H and O–H groups in total. The lowest BCUT2D eigenvalue weighted by atomic mass is 10.0. The summed E-state index contributed by atoms with van der Waals surface area (Å²) in [5.74, 6) is 0.762. The van der Waals surface area contributed by atoms with Crippen molar-refractivity contribution in [3.05, 3.63) is 23.2 Å². The molecule has 100 valence electrons. The molecule has 0 unspecified atom stereocenters. The van der Waals surface area contributed by atoms with E-state index in [2.05, 4.69) is 5.32 Å². The minimum absolute atomic E-state index is 0.237. The van der Waals surface area contributed by atoms with E-state index in [0.29, 0.717) is 28.8 Å². The van der Waals surface area contributed by atoms with Crippen LogP contribution in [0.15, 0.2) is 18.2 Å². The maximum atomic E-state index is 11.9. The van der Waals surface area contributed by atoms with E-state index in [1.54, 1.807) is 25.3 Å². The molecule has 1 amide bonds. The summed E-state index contributed by atoms with van der Waals surface area (Å²) in [5.41, 5.74) is 6.31. The van der Waals surface area contributed by atoms with E-state index in [1.807, 2.05) is 13.8 Å². The fraction of sp³-hybridized carbons (Fsp3) is 0.462. The molecular weight excluding hydrogens is 252 g/mol. The van der Waals surface area contributed by atoms with Gasteiger partial charge in [-0.05, 0) is 24.5 Å². The highest BCUT2D eigenvalue weighted by Crippen LogP contribution is 2.26. The van der Waals surface area contributed by atoms with Crippen LogP contribution in [0.25, 0.3) is 0 Å². The summed E-state index contributed by atoms with van der Waals surface area (Å²) in [6, 6.07) is 4.53. The van der Waals surface area contributed by atoms with E-state index in [0.717, 1.165) is 0 Å². The van der Waals surface area contributed by atoms with Crippen LogP contribution in [0.1, 0.15) is 20.3 Å². The van der Waals surface area contributed by atoms with Gasteiger partial charge in [0.15, 0.2) is 0 Å². The molecule has 0 aromatic heterocycles. The highest BCUT2D eigenvalue weighted by Gasteiger charge is 2.16. The molecule has 1 aromatic rings. The zero-order valence-electron chi connectivity index (χ0n) is 10.9. The molecule has 0 fully saturated rings. The predicted molar refractivity (Wildman–Crippen MR) is 74.1 cm³/mol. The number of methoxy groups -OCH3 is 1. The lowest BCUT2D eigenvalue weighted by Crippen LogP contribution is -2.36. The van der Waals surface area contributed by atoms with Crippen molar-refractivity contribution in [2.75, 3.05) is 12.4 Å². The van der Waals surface area contributed by atoms with E-state index in [4.69, 9.17) is 22.1 Å². The van der Waals surface area contributed by atoms with Gasteiger partial charge in [-0.25, -0.2) is 0 Å². The second-order valence-electron chi connectivity index (χ2n) is 4.57. The Morgan fingerprint density at radius 3 is 2.72 bits per heavy atom. The van der Waals surface area contributed by atoms with E-state index in [1.165, 1.54) is 0 Å². The number of nitrogens with one attached hydrogen (secondary N) is 1. The predicted octanol–water partition coefficient (Wildman–Crippen LogP) is 2.66. The van der Waals surface area contributed by atoms with E-state index in [9.17, 15) is 4.79 Å². The monoisotopic (exact) mass is 270 g/mol. The lowest BCUT2D eigenvalue weighted by molar-refractivity contribution is -0.117. The molecule has 18 heavy (non-hydrogen) atoms. The van der Waals surface area contributed by atoms with E-state index < -0.39 is 6.04 Å². The number of nitrogens with two attached hydrogens (primary N) is 1. The van der Waals surface area contributed by atoms with E-state index in [-0.39, 0.29) is 5.91 Å². The van der Waals surface area contributed by atoms with Crippen LogP contribution in [-0.4, -0.2) is 19.1 Å². The number of halogens is 1. The number of anilines is 1. The van der Waals surface area contributed by atoms with Gasteiger partial charge in [0.2, 0.25) is 5.91 Å². The Morgan fingerprint density at radius 1 is 1.50 bits per heavy atom. The Balaban J connectivity index is 2.74. The molecule has 1 rings (SSSR count). The maximum Gasteiger partial charge on any atom is 0.241 e. The molecule has 0 saturated carbocycles. The molecule has 0 heterocycles. The number of carbonyl (C=O) groups is 1. The summed E-state index contributed by atoms with van der Waals surface area (Å²) in [7, 11) is 1.55. The highest BCUT2D eigenvalue weighted by molar-refractivity contribution is 6.33. The molecule has 4 nitrogen and oxygen atoms in total. The van der Waals surface area contributed by atoms with Gasteiger partial charge >= 0.3 is 0 Å². The Labute approximate surface area is 112 Å². The molecule has 0 radical (unpaired) electrons. The number of hydrogen-bond donors (Lipinski definition) is 2.